The molecule has 3 fully saturated rings. The monoisotopic (exact) mass is 367 g/mol. The van der Waals surface area contributed by atoms with Crippen molar-refractivity contribution in [3.8, 4) is 0 Å². The lowest BCUT2D eigenvalue weighted by Crippen LogP contribution is -2.51. The Morgan fingerprint density at radius 1 is 0.923 bits per heavy atom. The minimum atomic E-state index is -0.877. The van der Waals surface area contributed by atoms with Crippen LogP contribution in [0.4, 0.5) is 4.79 Å². The Bertz CT molecular complexity index is 513. The molecule has 8 nitrogen and oxygen atoms in total. The van der Waals surface area contributed by atoms with Crippen LogP contribution in [0.15, 0.2) is 0 Å². The highest BCUT2D eigenvalue weighted by atomic mass is 16.3. The van der Waals surface area contributed by atoms with Gasteiger partial charge in [0, 0.05) is 45.8 Å². The largest absolute Gasteiger partial charge is 0.390 e. The number of aliphatic hydroxyl groups is 1. The summed E-state index contributed by atoms with van der Waals surface area (Å²) in [5.41, 5.74) is -0.877. The van der Waals surface area contributed by atoms with Crippen molar-refractivity contribution in [2.75, 3.05) is 65.4 Å². The van der Waals surface area contributed by atoms with E-state index in [9.17, 15) is 14.7 Å². The van der Waals surface area contributed by atoms with Crippen LogP contribution in [0.2, 0.25) is 0 Å². The van der Waals surface area contributed by atoms with E-state index < -0.39 is 17.7 Å². The van der Waals surface area contributed by atoms with Crippen LogP contribution in [-0.4, -0.2) is 114 Å². The smallest absolute Gasteiger partial charge is 0.325 e. The molecule has 3 saturated heterocycles. The molecular formula is C18H33N5O3. The minimum absolute atomic E-state index is 0.0588. The van der Waals surface area contributed by atoms with Gasteiger partial charge in [0.25, 0.3) is 5.91 Å². The number of hydrogen-bond donors (Lipinski definition) is 2. The van der Waals surface area contributed by atoms with Crippen molar-refractivity contribution in [3.63, 3.8) is 0 Å². The summed E-state index contributed by atoms with van der Waals surface area (Å²) >= 11 is 0. The summed E-state index contributed by atoms with van der Waals surface area (Å²) in [6.45, 7) is 12.5. The van der Waals surface area contributed by atoms with E-state index in [1.54, 1.807) is 13.8 Å². The van der Waals surface area contributed by atoms with E-state index in [0.29, 0.717) is 6.54 Å². The third-order valence-electron chi connectivity index (χ3n) is 5.70. The molecular weight excluding hydrogens is 334 g/mol. The van der Waals surface area contributed by atoms with Crippen molar-refractivity contribution >= 4 is 11.9 Å². The molecule has 3 amide bonds. The fourth-order valence-corrected chi connectivity index (χ4v) is 4.03. The first-order valence-corrected chi connectivity index (χ1v) is 9.84. The van der Waals surface area contributed by atoms with E-state index in [2.05, 4.69) is 20.0 Å². The number of β-amino-alcohol motifs (C(OH)–C–C–N with tert-alkyl or cyclic N) is 1. The van der Waals surface area contributed by atoms with Gasteiger partial charge in [-0.1, -0.05) is 0 Å². The molecule has 0 radical (unpaired) electrons. The number of nitrogens with zero attached hydrogens (tertiary/aromatic N) is 4. The number of rotatable bonds is 7. The Morgan fingerprint density at radius 2 is 1.46 bits per heavy atom. The lowest BCUT2D eigenvalue weighted by molar-refractivity contribution is -0.131. The number of urea groups is 1. The fraction of sp³-hybridized carbons (Fsp3) is 0.889. The highest BCUT2D eigenvalue weighted by Gasteiger charge is 2.44. The molecule has 3 heterocycles. The molecule has 0 aromatic rings. The first-order chi connectivity index (χ1) is 12.3. The summed E-state index contributed by atoms with van der Waals surface area (Å²) in [6, 6.07) is -0.411. The summed E-state index contributed by atoms with van der Waals surface area (Å²) in [6.07, 6.45) is 1.95. The van der Waals surface area contributed by atoms with Crippen molar-refractivity contribution in [1.82, 2.24) is 24.9 Å². The molecule has 0 unspecified atom stereocenters. The zero-order valence-corrected chi connectivity index (χ0v) is 16.1. The molecule has 0 aromatic heterocycles. The fourth-order valence-electron chi connectivity index (χ4n) is 4.03. The van der Waals surface area contributed by atoms with E-state index in [4.69, 9.17) is 0 Å². The van der Waals surface area contributed by atoms with Crippen molar-refractivity contribution in [2.24, 2.45) is 0 Å². The number of carbonyl (C=O) groups excluding carboxylic acids is 2. The Labute approximate surface area is 156 Å². The van der Waals surface area contributed by atoms with Crippen molar-refractivity contribution < 1.29 is 14.7 Å². The third kappa shape index (κ3) is 4.73. The van der Waals surface area contributed by atoms with Gasteiger partial charge in [-0.2, -0.15) is 0 Å². The predicted molar refractivity (Wildman–Crippen MR) is 98.9 cm³/mol. The molecule has 3 aliphatic heterocycles. The van der Waals surface area contributed by atoms with E-state index in [0.717, 1.165) is 44.2 Å². The first-order valence-electron chi connectivity index (χ1n) is 9.84. The number of nitrogens with one attached hydrogen (secondary N) is 1. The standard InChI is InChI=1S/C18H33N5O3/c1-18(2)16(25)23(17(26)19-18)14-15(24)13-22-11-9-21(10-12-22)8-7-20-5-3-4-6-20/h15,24H,3-14H2,1-2H3,(H,19,26)/t15-/m1/s1. The van der Waals surface area contributed by atoms with Gasteiger partial charge in [0.15, 0.2) is 0 Å². The highest BCUT2D eigenvalue weighted by molar-refractivity contribution is 6.06. The summed E-state index contributed by atoms with van der Waals surface area (Å²) in [5.74, 6) is -0.270. The number of imide groups is 1. The van der Waals surface area contributed by atoms with E-state index in [1.807, 2.05) is 0 Å². The van der Waals surface area contributed by atoms with E-state index in [-0.39, 0.29) is 12.5 Å². The molecule has 0 bridgehead atoms. The Morgan fingerprint density at radius 3 is 2.00 bits per heavy atom. The second-order valence-corrected chi connectivity index (χ2v) is 8.32. The second kappa shape index (κ2) is 8.21. The Kier molecular flexibility index (Phi) is 6.17. The molecule has 0 spiro atoms. The Hall–Kier alpha value is -1.22. The summed E-state index contributed by atoms with van der Waals surface area (Å²) < 4.78 is 0. The van der Waals surface area contributed by atoms with Gasteiger partial charge in [0.2, 0.25) is 0 Å². The Balaban J connectivity index is 1.36. The molecule has 148 valence electrons. The number of aliphatic hydroxyl groups excluding tert-OH is 1. The van der Waals surface area contributed by atoms with Crippen LogP contribution in [-0.2, 0) is 4.79 Å². The van der Waals surface area contributed by atoms with Gasteiger partial charge in [-0.3, -0.25) is 19.5 Å². The molecule has 0 aliphatic carbocycles. The average Bonchev–Trinajstić information content (AvgIpc) is 3.17. The topological polar surface area (TPSA) is 79.4 Å². The molecule has 0 aromatic carbocycles. The molecule has 8 heteroatoms. The predicted octanol–water partition coefficient (Wildman–Crippen LogP) is -0.609. The maximum atomic E-state index is 12.2. The maximum Gasteiger partial charge on any atom is 0.325 e. The SMILES string of the molecule is CC1(C)NC(=O)N(C[C@H](O)CN2CCN(CCN3CCCC3)CC2)C1=O. The lowest BCUT2D eigenvalue weighted by Gasteiger charge is -2.36. The van der Waals surface area contributed by atoms with Gasteiger partial charge in [-0.25, -0.2) is 4.79 Å². The van der Waals surface area contributed by atoms with Gasteiger partial charge in [-0.05, 0) is 39.8 Å². The maximum absolute atomic E-state index is 12.2. The van der Waals surface area contributed by atoms with Crippen LogP contribution in [0.25, 0.3) is 0 Å². The van der Waals surface area contributed by atoms with Crippen LogP contribution in [0.3, 0.4) is 0 Å². The van der Waals surface area contributed by atoms with Crippen molar-refractivity contribution in [3.05, 3.63) is 0 Å². The van der Waals surface area contributed by atoms with Crippen LogP contribution in [0.5, 0.6) is 0 Å². The molecule has 0 saturated carbocycles. The third-order valence-corrected chi connectivity index (χ3v) is 5.70. The van der Waals surface area contributed by atoms with Gasteiger partial charge in [0.1, 0.15) is 5.54 Å². The van der Waals surface area contributed by atoms with Crippen LogP contribution in [0.1, 0.15) is 26.7 Å². The first kappa shape index (κ1) is 19.5. The summed E-state index contributed by atoms with van der Waals surface area (Å²) in [7, 11) is 0. The van der Waals surface area contributed by atoms with Crippen LogP contribution in [0, 0.1) is 0 Å². The van der Waals surface area contributed by atoms with Crippen molar-refractivity contribution in [2.45, 2.75) is 38.3 Å². The zero-order chi connectivity index (χ0) is 18.7. The van der Waals surface area contributed by atoms with Gasteiger partial charge in [0.05, 0.1) is 12.6 Å². The second-order valence-electron chi connectivity index (χ2n) is 8.32. The number of amides is 3. The normalized spacial score (nSPS) is 26.5. The number of carbonyl (C=O) groups is 2. The number of likely N-dealkylation sites (tertiary alicyclic amines) is 1. The molecule has 3 aliphatic rings. The highest BCUT2D eigenvalue weighted by Crippen LogP contribution is 2.17. The van der Waals surface area contributed by atoms with Crippen LogP contribution < -0.4 is 5.32 Å². The molecule has 1 atom stereocenters. The van der Waals surface area contributed by atoms with E-state index >= 15 is 0 Å². The number of hydrogen-bond acceptors (Lipinski definition) is 6. The zero-order valence-electron chi connectivity index (χ0n) is 16.1. The quantitative estimate of drug-likeness (QED) is 0.585. The lowest BCUT2D eigenvalue weighted by atomic mass is 10.1. The van der Waals surface area contributed by atoms with Crippen molar-refractivity contribution in [1.29, 1.82) is 0 Å². The van der Waals surface area contributed by atoms with Crippen LogP contribution >= 0.6 is 0 Å². The number of piperazine rings is 1. The van der Waals surface area contributed by atoms with Gasteiger partial charge >= 0.3 is 6.03 Å². The summed E-state index contributed by atoms with van der Waals surface area (Å²) in [4.78, 5) is 32.5. The van der Waals surface area contributed by atoms with E-state index in [1.165, 1.54) is 25.9 Å². The average molecular weight is 367 g/mol. The molecule has 3 rings (SSSR count). The van der Waals surface area contributed by atoms with Gasteiger partial charge in [-0.15, -0.1) is 0 Å². The minimum Gasteiger partial charge on any atom is -0.390 e. The summed E-state index contributed by atoms with van der Waals surface area (Å²) in [5, 5.41) is 13.0. The van der Waals surface area contributed by atoms with Gasteiger partial charge < -0.3 is 15.3 Å². The molecule has 2 N–H and O–H groups in total. The molecule has 26 heavy (non-hydrogen) atoms.